The first-order valence-electron chi connectivity index (χ1n) is 10.9. The Balaban J connectivity index is 1.62. The Kier molecular flexibility index (Phi) is 7.34. The predicted octanol–water partition coefficient (Wildman–Crippen LogP) is 3.51. The van der Waals surface area contributed by atoms with Crippen molar-refractivity contribution in [3.8, 4) is 5.75 Å². The molecule has 0 saturated carbocycles. The van der Waals surface area contributed by atoms with Crippen LogP contribution >= 0.6 is 0 Å². The number of sulfonamides is 1. The van der Waals surface area contributed by atoms with Crippen molar-refractivity contribution in [3.05, 3.63) is 78.4 Å². The van der Waals surface area contributed by atoms with Gasteiger partial charge in [-0.1, -0.05) is 30.3 Å². The summed E-state index contributed by atoms with van der Waals surface area (Å²) in [7, 11) is -2.41. The van der Waals surface area contributed by atoms with E-state index in [1.165, 1.54) is 6.07 Å². The van der Waals surface area contributed by atoms with E-state index >= 15 is 0 Å². The maximum Gasteiger partial charge on any atom is 0.264 e. The van der Waals surface area contributed by atoms with Gasteiger partial charge in [-0.2, -0.15) is 0 Å². The van der Waals surface area contributed by atoms with Crippen LogP contribution in [-0.2, 0) is 26.0 Å². The number of benzene rings is 3. The fourth-order valence-electron chi connectivity index (χ4n) is 3.73. The molecule has 34 heavy (non-hydrogen) atoms. The Morgan fingerprint density at radius 1 is 0.971 bits per heavy atom. The number of methoxy groups -OCH3 is 1. The highest BCUT2D eigenvalue weighted by Gasteiger charge is 2.24. The molecular weight excluding hydrogens is 454 g/mol. The second-order valence-electron chi connectivity index (χ2n) is 7.83. The van der Waals surface area contributed by atoms with Crippen molar-refractivity contribution in [2.75, 3.05) is 48.4 Å². The zero-order chi connectivity index (χ0) is 24.0. The van der Waals surface area contributed by atoms with E-state index < -0.39 is 10.0 Å². The molecule has 0 atom stereocenters. The van der Waals surface area contributed by atoms with Crippen molar-refractivity contribution in [1.82, 2.24) is 0 Å². The molecule has 0 bridgehead atoms. The summed E-state index contributed by atoms with van der Waals surface area (Å²) in [6, 6.07) is 21.0. The lowest BCUT2D eigenvalue weighted by Crippen LogP contribution is -2.37. The van der Waals surface area contributed by atoms with E-state index in [9.17, 15) is 13.2 Å². The van der Waals surface area contributed by atoms with Gasteiger partial charge in [0.1, 0.15) is 10.6 Å². The Hall–Kier alpha value is -3.56. The van der Waals surface area contributed by atoms with Crippen LogP contribution < -0.4 is 19.7 Å². The second-order valence-corrected chi connectivity index (χ2v) is 9.48. The van der Waals surface area contributed by atoms with Gasteiger partial charge in [-0.3, -0.25) is 9.52 Å². The predicted molar refractivity (Wildman–Crippen MR) is 132 cm³/mol. The van der Waals surface area contributed by atoms with E-state index in [0.29, 0.717) is 49.1 Å². The molecule has 1 amide bonds. The third kappa shape index (κ3) is 5.86. The van der Waals surface area contributed by atoms with Crippen LogP contribution in [0.5, 0.6) is 5.75 Å². The summed E-state index contributed by atoms with van der Waals surface area (Å²) in [6.07, 6.45) is 0.193. The van der Waals surface area contributed by atoms with Crippen molar-refractivity contribution in [3.63, 3.8) is 0 Å². The summed E-state index contributed by atoms with van der Waals surface area (Å²) < 4.78 is 40.1. The first-order chi connectivity index (χ1) is 16.4. The summed E-state index contributed by atoms with van der Waals surface area (Å²) in [4.78, 5) is 14.6. The van der Waals surface area contributed by atoms with Gasteiger partial charge in [0.15, 0.2) is 0 Å². The van der Waals surface area contributed by atoms with Crippen LogP contribution in [0, 0.1) is 0 Å². The first-order valence-corrected chi connectivity index (χ1v) is 12.4. The highest BCUT2D eigenvalue weighted by atomic mass is 32.2. The number of nitrogens with one attached hydrogen (secondary N) is 2. The SMILES string of the molecule is COc1ccc(NS(=O)(=O)c2cc(NC(=O)Cc3ccccc3)ccc2N2CCOCC2)cc1. The topological polar surface area (TPSA) is 97.0 Å². The lowest BCUT2D eigenvalue weighted by atomic mass is 10.1. The Morgan fingerprint density at radius 2 is 1.65 bits per heavy atom. The second kappa shape index (κ2) is 10.6. The minimum absolute atomic E-state index is 0.0859. The van der Waals surface area contributed by atoms with Crippen molar-refractivity contribution in [1.29, 1.82) is 0 Å². The van der Waals surface area contributed by atoms with Crippen molar-refractivity contribution in [2.24, 2.45) is 0 Å². The maximum atomic E-state index is 13.4. The van der Waals surface area contributed by atoms with Crippen LogP contribution in [0.15, 0.2) is 77.7 Å². The summed E-state index contributed by atoms with van der Waals surface area (Å²) in [5.74, 6) is 0.400. The van der Waals surface area contributed by atoms with E-state index in [1.807, 2.05) is 35.2 Å². The average Bonchev–Trinajstić information content (AvgIpc) is 2.85. The van der Waals surface area contributed by atoms with Gasteiger partial charge in [0.25, 0.3) is 10.0 Å². The zero-order valence-electron chi connectivity index (χ0n) is 18.9. The van der Waals surface area contributed by atoms with E-state index in [2.05, 4.69) is 10.0 Å². The van der Waals surface area contributed by atoms with Crippen LogP contribution in [-0.4, -0.2) is 47.7 Å². The quantitative estimate of drug-likeness (QED) is 0.511. The van der Waals surface area contributed by atoms with Crippen molar-refractivity contribution < 1.29 is 22.7 Å². The highest BCUT2D eigenvalue weighted by Crippen LogP contribution is 2.31. The Labute approximate surface area is 199 Å². The van der Waals surface area contributed by atoms with Gasteiger partial charge in [0.05, 0.1) is 32.4 Å². The van der Waals surface area contributed by atoms with E-state index in [-0.39, 0.29) is 17.2 Å². The molecule has 0 spiro atoms. The third-order valence-corrected chi connectivity index (χ3v) is 6.85. The number of anilines is 3. The minimum Gasteiger partial charge on any atom is -0.497 e. The number of morpholine rings is 1. The molecule has 178 valence electrons. The lowest BCUT2D eigenvalue weighted by Gasteiger charge is -2.30. The molecule has 4 rings (SSSR count). The minimum atomic E-state index is -3.95. The number of carbonyl (C=O) groups is 1. The number of rotatable bonds is 8. The smallest absolute Gasteiger partial charge is 0.264 e. The Morgan fingerprint density at radius 3 is 2.32 bits per heavy atom. The molecule has 1 saturated heterocycles. The largest absolute Gasteiger partial charge is 0.497 e. The van der Waals surface area contributed by atoms with Gasteiger partial charge >= 0.3 is 0 Å². The molecule has 8 nitrogen and oxygen atoms in total. The van der Waals surface area contributed by atoms with E-state index in [4.69, 9.17) is 9.47 Å². The molecule has 1 fully saturated rings. The maximum absolute atomic E-state index is 13.4. The Bertz CT molecular complexity index is 1230. The fourth-order valence-corrected chi connectivity index (χ4v) is 5.04. The number of ether oxygens (including phenoxy) is 2. The molecule has 0 radical (unpaired) electrons. The number of amides is 1. The summed E-state index contributed by atoms with van der Waals surface area (Å²) in [5.41, 5.74) is 2.25. The number of hydrogen-bond acceptors (Lipinski definition) is 6. The first kappa shape index (κ1) is 23.6. The molecule has 0 aliphatic carbocycles. The normalized spacial score (nSPS) is 13.9. The molecule has 0 unspecified atom stereocenters. The molecular formula is C25H27N3O5S. The van der Waals surface area contributed by atoms with Gasteiger partial charge in [-0.05, 0) is 48.0 Å². The molecule has 0 aromatic heterocycles. The van der Waals surface area contributed by atoms with Crippen molar-refractivity contribution >= 4 is 33.0 Å². The summed E-state index contributed by atoms with van der Waals surface area (Å²) in [6.45, 7) is 2.18. The molecule has 1 aliphatic rings. The van der Waals surface area contributed by atoms with Crippen LogP contribution in [0.2, 0.25) is 0 Å². The number of carbonyl (C=O) groups excluding carboxylic acids is 1. The fraction of sp³-hybridized carbons (Fsp3) is 0.240. The standard InChI is InChI=1S/C25H27N3O5S/c1-32-22-10-7-20(8-11-22)27-34(30,31)24-18-21(9-12-23(24)28-13-15-33-16-14-28)26-25(29)17-19-5-3-2-4-6-19/h2-12,18,27H,13-17H2,1H3,(H,26,29). The van der Waals surface area contributed by atoms with Gasteiger partial charge in [0.2, 0.25) is 5.91 Å². The molecule has 9 heteroatoms. The molecule has 3 aromatic carbocycles. The summed E-state index contributed by atoms with van der Waals surface area (Å²) >= 11 is 0. The zero-order valence-corrected chi connectivity index (χ0v) is 19.7. The van der Waals surface area contributed by atoms with Gasteiger partial charge in [0, 0.05) is 24.5 Å². The van der Waals surface area contributed by atoms with Gasteiger partial charge in [-0.15, -0.1) is 0 Å². The van der Waals surface area contributed by atoms with Crippen LogP contribution in [0.1, 0.15) is 5.56 Å². The van der Waals surface area contributed by atoms with Gasteiger partial charge < -0.3 is 19.7 Å². The number of hydrogen-bond donors (Lipinski definition) is 2. The third-order valence-electron chi connectivity index (χ3n) is 5.43. The van der Waals surface area contributed by atoms with Crippen LogP contribution in [0.25, 0.3) is 0 Å². The molecule has 1 heterocycles. The average molecular weight is 482 g/mol. The van der Waals surface area contributed by atoms with E-state index in [1.54, 1.807) is 43.5 Å². The van der Waals surface area contributed by atoms with Gasteiger partial charge in [-0.25, -0.2) is 8.42 Å². The molecule has 1 aliphatic heterocycles. The van der Waals surface area contributed by atoms with Crippen LogP contribution in [0.4, 0.5) is 17.1 Å². The number of nitrogens with zero attached hydrogens (tertiary/aromatic N) is 1. The monoisotopic (exact) mass is 481 g/mol. The highest BCUT2D eigenvalue weighted by molar-refractivity contribution is 7.92. The molecule has 3 aromatic rings. The van der Waals surface area contributed by atoms with Crippen molar-refractivity contribution in [2.45, 2.75) is 11.3 Å². The van der Waals surface area contributed by atoms with Crippen LogP contribution in [0.3, 0.4) is 0 Å². The van der Waals surface area contributed by atoms with E-state index in [0.717, 1.165) is 5.56 Å². The molecule has 2 N–H and O–H groups in total. The lowest BCUT2D eigenvalue weighted by molar-refractivity contribution is -0.115. The summed E-state index contributed by atoms with van der Waals surface area (Å²) in [5, 5.41) is 2.82.